The van der Waals surface area contributed by atoms with Crippen molar-refractivity contribution < 1.29 is 18.9 Å². The van der Waals surface area contributed by atoms with Gasteiger partial charge in [-0.05, 0) is 58.0 Å². The Hall–Kier alpha value is -2.95. The minimum Gasteiger partial charge on any atom is -0.497 e. The van der Waals surface area contributed by atoms with Gasteiger partial charge in [-0.3, -0.25) is 13.9 Å². The van der Waals surface area contributed by atoms with Crippen LogP contribution in [0.5, 0.6) is 23.0 Å². The van der Waals surface area contributed by atoms with E-state index in [1.165, 1.54) is 9.13 Å². The second kappa shape index (κ2) is 9.90. The molecule has 0 amide bonds. The van der Waals surface area contributed by atoms with Crippen LogP contribution in [0.15, 0.2) is 52.2 Å². The van der Waals surface area contributed by atoms with Crippen molar-refractivity contribution in [2.45, 2.75) is 13.1 Å². The first-order valence-electron chi connectivity index (χ1n) is 9.32. The lowest BCUT2D eigenvalue weighted by atomic mass is 10.2. The van der Waals surface area contributed by atoms with Gasteiger partial charge >= 0.3 is 5.69 Å². The highest BCUT2D eigenvalue weighted by atomic mass is 127. The third-order valence-corrected chi connectivity index (χ3v) is 5.45. The Balaban J connectivity index is 2.03. The highest BCUT2D eigenvalue weighted by molar-refractivity contribution is 14.1. The van der Waals surface area contributed by atoms with Crippen LogP contribution in [0.2, 0.25) is 0 Å². The Labute approximate surface area is 193 Å². The molecule has 3 rings (SSSR count). The van der Waals surface area contributed by atoms with Crippen LogP contribution in [0.1, 0.15) is 11.1 Å². The van der Waals surface area contributed by atoms with Crippen LogP contribution in [0.4, 0.5) is 0 Å². The molecule has 1 aromatic heterocycles. The highest BCUT2D eigenvalue weighted by Gasteiger charge is 2.13. The molecule has 164 valence electrons. The molecular formula is C22H23IN2O6. The largest absolute Gasteiger partial charge is 0.497 e. The van der Waals surface area contributed by atoms with Crippen molar-refractivity contribution in [3.05, 3.63) is 78.1 Å². The number of ether oxygens (including phenoxy) is 4. The van der Waals surface area contributed by atoms with Crippen LogP contribution in [-0.2, 0) is 13.1 Å². The van der Waals surface area contributed by atoms with Gasteiger partial charge in [0.05, 0.1) is 45.1 Å². The summed E-state index contributed by atoms with van der Waals surface area (Å²) in [5.41, 5.74) is 0.746. The fraction of sp³-hybridized carbons (Fsp3) is 0.273. The van der Waals surface area contributed by atoms with Gasteiger partial charge in [-0.1, -0.05) is 0 Å². The van der Waals surface area contributed by atoms with Crippen molar-refractivity contribution >= 4 is 22.6 Å². The first kappa shape index (κ1) is 22.7. The molecule has 2 aromatic carbocycles. The average Bonchev–Trinajstić information content (AvgIpc) is 2.79. The van der Waals surface area contributed by atoms with E-state index in [4.69, 9.17) is 18.9 Å². The van der Waals surface area contributed by atoms with E-state index >= 15 is 0 Å². The molecule has 0 saturated carbocycles. The Morgan fingerprint density at radius 3 is 1.55 bits per heavy atom. The lowest BCUT2D eigenvalue weighted by molar-refractivity contribution is 0.393. The van der Waals surface area contributed by atoms with E-state index < -0.39 is 5.69 Å². The first-order chi connectivity index (χ1) is 14.9. The van der Waals surface area contributed by atoms with Gasteiger partial charge in [0.1, 0.15) is 23.0 Å². The maximum atomic E-state index is 13.2. The molecular weight excluding hydrogens is 515 g/mol. The molecule has 0 radical (unpaired) electrons. The molecule has 8 nitrogen and oxygen atoms in total. The second-order valence-corrected chi connectivity index (χ2v) is 7.88. The summed E-state index contributed by atoms with van der Waals surface area (Å²) in [7, 11) is 6.23. The molecule has 0 atom stereocenters. The molecule has 0 aliphatic carbocycles. The SMILES string of the molecule is COc1cc(Cn2cc(I)c(=O)n(Cc3cc(OC)cc(OC)c3)c2=O)cc(OC)c1. The summed E-state index contributed by atoms with van der Waals surface area (Å²) in [6, 6.07) is 10.7. The van der Waals surface area contributed by atoms with Crippen LogP contribution in [0.25, 0.3) is 0 Å². The smallest absolute Gasteiger partial charge is 0.331 e. The monoisotopic (exact) mass is 538 g/mol. The third-order valence-electron chi connectivity index (χ3n) is 4.71. The van der Waals surface area contributed by atoms with E-state index in [0.29, 0.717) is 32.1 Å². The molecule has 0 spiro atoms. The molecule has 0 N–H and O–H groups in total. The van der Waals surface area contributed by atoms with Gasteiger partial charge in [0.25, 0.3) is 5.56 Å². The van der Waals surface area contributed by atoms with Gasteiger partial charge in [0.2, 0.25) is 0 Å². The molecule has 0 aliphatic heterocycles. The Morgan fingerprint density at radius 2 is 1.13 bits per heavy atom. The summed E-state index contributed by atoms with van der Waals surface area (Å²) >= 11 is 1.94. The number of methoxy groups -OCH3 is 4. The van der Waals surface area contributed by atoms with Crippen LogP contribution in [0.3, 0.4) is 0 Å². The lowest BCUT2D eigenvalue weighted by Gasteiger charge is -2.14. The van der Waals surface area contributed by atoms with E-state index in [-0.39, 0.29) is 18.6 Å². The molecule has 0 saturated heterocycles. The Kier molecular flexibility index (Phi) is 7.26. The molecule has 9 heteroatoms. The summed E-state index contributed by atoms with van der Waals surface area (Å²) in [6.07, 6.45) is 1.56. The van der Waals surface area contributed by atoms with Gasteiger partial charge in [-0.15, -0.1) is 0 Å². The first-order valence-corrected chi connectivity index (χ1v) is 10.4. The van der Waals surface area contributed by atoms with E-state index in [2.05, 4.69) is 0 Å². The van der Waals surface area contributed by atoms with Gasteiger partial charge in [-0.2, -0.15) is 0 Å². The maximum Gasteiger partial charge on any atom is 0.331 e. The summed E-state index contributed by atoms with van der Waals surface area (Å²) in [5.74, 6) is 2.40. The predicted octanol–water partition coefficient (Wildman–Crippen LogP) is 2.75. The summed E-state index contributed by atoms with van der Waals surface area (Å²) in [4.78, 5) is 25.9. The van der Waals surface area contributed by atoms with Crippen LogP contribution >= 0.6 is 22.6 Å². The topological polar surface area (TPSA) is 80.9 Å². The van der Waals surface area contributed by atoms with Crippen LogP contribution in [0, 0.1) is 3.57 Å². The Bertz CT molecular complexity index is 1160. The van der Waals surface area contributed by atoms with Gasteiger partial charge in [0.15, 0.2) is 0 Å². The van der Waals surface area contributed by atoms with Crippen LogP contribution < -0.4 is 30.2 Å². The normalized spacial score (nSPS) is 10.6. The predicted molar refractivity (Wildman–Crippen MR) is 125 cm³/mol. The van der Waals surface area contributed by atoms with Gasteiger partial charge in [0, 0.05) is 18.3 Å². The Morgan fingerprint density at radius 1 is 0.710 bits per heavy atom. The number of hydrogen-bond acceptors (Lipinski definition) is 6. The van der Waals surface area contributed by atoms with Gasteiger partial charge in [-0.25, -0.2) is 4.79 Å². The molecule has 0 aliphatic rings. The number of halogens is 1. The van der Waals surface area contributed by atoms with Crippen molar-refractivity contribution in [2.24, 2.45) is 0 Å². The number of hydrogen-bond donors (Lipinski definition) is 0. The number of nitrogens with zero attached hydrogens (tertiary/aromatic N) is 2. The van der Waals surface area contributed by atoms with Crippen molar-refractivity contribution in [2.75, 3.05) is 28.4 Å². The zero-order valence-corrected chi connectivity index (χ0v) is 19.8. The van der Waals surface area contributed by atoms with E-state index in [9.17, 15) is 9.59 Å². The lowest BCUT2D eigenvalue weighted by Crippen LogP contribution is -2.41. The zero-order chi connectivity index (χ0) is 22.5. The summed E-state index contributed by atoms with van der Waals surface area (Å²) in [5, 5.41) is 0. The minimum absolute atomic E-state index is 0.0868. The van der Waals surface area contributed by atoms with E-state index in [1.54, 1.807) is 58.9 Å². The molecule has 0 unspecified atom stereocenters. The second-order valence-electron chi connectivity index (χ2n) is 6.72. The third kappa shape index (κ3) is 5.22. The van der Waals surface area contributed by atoms with Crippen molar-refractivity contribution in [1.82, 2.24) is 9.13 Å². The van der Waals surface area contributed by atoms with Crippen molar-refractivity contribution in [3.63, 3.8) is 0 Å². The molecule has 0 bridgehead atoms. The van der Waals surface area contributed by atoms with E-state index in [0.717, 1.165) is 5.56 Å². The minimum atomic E-state index is -0.422. The number of rotatable bonds is 8. The molecule has 0 fully saturated rings. The van der Waals surface area contributed by atoms with Crippen molar-refractivity contribution in [1.29, 1.82) is 0 Å². The molecule has 1 heterocycles. The maximum absolute atomic E-state index is 13.2. The quantitative estimate of drug-likeness (QED) is 0.411. The van der Waals surface area contributed by atoms with E-state index in [1.807, 2.05) is 34.7 Å². The molecule has 31 heavy (non-hydrogen) atoms. The van der Waals surface area contributed by atoms with Crippen molar-refractivity contribution in [3.8, 4) is 23.0 Å². The number of benzene rings is 2. The number of aromatic nitrogens is 2. The summed E-state index contributed by atoms with van der Waals surface area (Å²) in [6.45, 7) is 0.341. The summed E-state index contributed by atoms with van der Waals surface area (Å²) < 4.78 is 24.3. The standard InChI is InChI=1S/C22H23IN2O6/c1-28-16-5-14(6-17(9-16)29-2)11-24-13-20(23)21(26)25(22(24)27)12-15-7-18(30-3)10-19(8-15)31-4/h5-10,13H,11-12H2,1-4H3. The fourth-order valence-corrected chi connectivity index (χ4v) is 3.79. The fourth-order valence-electron chi connectivity index (χ4n) is 3.17. The van der Waals surface area contributed by atoms with Gasteiger partial charge < -0.3 is 18.9 Å². The highest BCUT2D eigenvalue weighted by Crippen LogP contribution is 2.24. The zero-order valence-electron chi connectivity index (χ0n) is 17.7. The van der Waals surface area contributed by atoms with Crippen LogP contribution in [-0.4, -0.2) is 37.6 Å². The molecule has 3 aromatic rings. The average molecular weight is 538 g/mol.